The minimum atomic E-state index is -0.389. The van der Waals surface area contributed by atoms with E-state index < -0.39 is 0 Å². The number of nitrogens with zero attached hydrogens (tertiary/aromatic N) is 1. The molecular weight excluding hydrogens is 255 g/mol. The third-order valence-corrected chi connectivity index (χ3v) is 3.95. The monoisotopic (exact) mass is 280 g/mol. The van der Waals surface area contributed by atoms with Gasteiger partial charge in [0.2, 0.25) is 0 Å². The van der Waals surface area contributed by atoms with Crippen molar-refractivity contribution in [2.45, 2.75) is 40.2 Å². The van der Waals surface area contributed by atoms with Gasteiger partial charge in [0.25, 0.3) is 0 Å². The van der Waals surface area contributed by atoms with E-state index in [4.69, 9.17) is 10.5 Å². The molecule has 0 spiro atoms. The third kappa shape index (κ3) is 3.17. The van der Waals surface area contributed by atoms with Crippen molar-refractivity contribution < 1.29 is 9.13 Å². The van der Waals surface area contributed by atoms with E-state index in [1.54, 1.807) is 6.07 Å². The average molecular weight is 280 g/mol. The molecule has 0 amide bonds. The third-order valence-electron chi connectivity index (χ3n) is 3.95. The molecule has 4 heteroatoms. The van der Waals surface area contributed by atoms with Crippen molar-refractivity contribution >= 4 is 11.4 Å². The van der Waals surface area contributed by atoms with Gasteiger partial charge in [0.05, 0.1) is 17.5 Å². The molecule has 0 aliphatic carbocycles. The van der Waals surface area contributed by atoms with Crippen LogP contribution in [0.15, 0.2) is 12.1 Å². The molecule has 1 heterocycles. The maximum atomic E-state index is 13.9. The lowest BCUT2D eigenvalue weighted by molar-refractivity contribution is 0.231. The second-order valence-corrected chi connectivity index (χ2v) is 6.25. The Morgan fingerprint density at radius 3 is 2.55 bits per heavy atom. The van der Waals surface area contributed by atoms with Crippen LogP contribution in [0.2, 0.25) is 0 Å². The molecule has 1 aliphatic heterocycles. The fourth-order valence-corrected chi connectivity index (χ4v) is 2.73. The van der Waals surface area contributed by atoms with Crippen molar-refractivity contribution in [3.8, 4) is 5.75 Å². The topological polar surface area (TPSA) is 38.5 Å². The lowest BCUT2D eigenvalue weighted by Crippen LogP contribution is -2.22. The van der Waals surface area contributed by atoms with Crippen LogP contribution in [0, 0.1) is 17.7 Å². The number of rotatable bonds is 4. The normalized spacial score (nSPS) is 19.1. The van der Waals surface area contributed by atoms with Crippen molar-refractivity contribution in [3.05, 3.63) is 17.9 Å². The Morgan fingerprint density at radius 1 is 1.30 bits per heavy atom. The quantitative estimate of drug-likeness (QED) is 0.855. The molecule has 20 heavy (non-hydrogen) atoms. The van der Waals surface area contributed by atoms with Gasteiger partial charge in [-0.25, -0.2) is 4.39 Å². The van der Waals surface area contributed by atoms with Gasteiger partial charge in [0.1, 0.15) is 0 Å². The van der Waals surface area contributed by atoms with Gasteiger partial charge in [-0.2, -0.15) is 0 Å². The molecule has 0 radical (unpaired) electrons. The molecule has 2 rings (SSSR count). The number of nitrogen functional groups attached to an aromatic ring is 1. The summed E-state index contributed by atoms with van der Waals surface area (Å²) >= 11 is 0. The van der Waals surface area contributed by atoms with Crippen LogP contribution < -0.4 is 15.4 Å². The average Bonchev–Trinajstić information content (AvgIpc) is 2.81. The SMILES string of the molecule is CC(C)Oc1cc(N2CCC(C(C)C)C2)c(N)cc1F. The van der Waals surface area contributed by atoms with Crippen molar-refractivity contribution in [2.75, 3.05) is 23.7 Å². The summed E-state index contributed by atoms with van der Waals surface area (Å²) < 4.78 is 19.4. The zero-order valence-electron chi connectivity index (χ0n) is 12.8. The van der Waals surface area contributed by atoms with Crippen LogP contribution in [-0.4, -0.2) is 19.2 Å². The van der Waals surface area contributed by atoms with Crippen molar-refractivity contribution in [3.63, 3.8) is 0 Å². The van der Waals surface area contributed by atoms with E-state index in [1.807, 2.05) is 13.8 Å². The van der Waals surface area contributed by atoms with Crippen LogP contribution in [0.5, 0.6) is 5.75 Å². The van der Waals surface area contributed by atoms with Gasteiger partial charge in [-0.1, -0.05) is 13.8 Å². The Kier molecular flexibility index (Phi) is 4.41. The zero-order chi connectivity index (χ0) is 14.9. The number of hydrogen-bond donors (Lipinski definition) is 1. The highest BCUT2D eigenvalue weighted by Gasteiger charge is 2.27. The van der Waals surface area contributed by atoms with Crippen molar-refractivity contribution in [1.29, 1.82) is 0 Å². The van der Waals surface area contributed by atoms with Gasteiger partial charge in [-0.15, -0.1) is 0 Å². The van der Waals surface area contributed by atoms with Crippen LogP contribution in [0.25, 0.3) is 0 Å². The summed E-state index contributed by atoms with van der Waals surface area (Å²) in [5, 5.41) is 0. The fourth-order valence-electron chi connectivity index (χ4n) is 2.73. The van der Waals surface area contributed by atoms with Gasteiger partial charge < -0.3 is 15.4 Å². The number of hydrogen-bond acceptors (Lipinski definition) is 3. The van der Waals surface area contributed by atoms with Gasteiger partial charge in [-0.05, 0) is 32.1 Å². The Labute approximate surface area is 120 Å². The smallest absolute Gasteiger partial charge is 0.167 e. The fraction of sp³-hybridized carbons (Fsp3) is 0.625. The predicted molar refractivity (Wildman–Crippen MR) is 81.7 cm³/mol. The number of nitrogens with two attached hydrogens (primary N) is 1. The summed E-state index contributed by atoms with van der Waals surface area (Å²) in [5.41, 5.74) is 7.37. The number of anilines is 2. The largest absolute Gasteiger partial charge is 0.488 e. The van der Waals surface area contributed by atoms with E-state index in [-0.39, 0.29) is 17.7 Å². The Balaban J connectivity index is 2.23. The first-order chi connectivity index (χ1) is 9.38. The number of benzene rings is 1. The summed E-state index contributed by atoms with van der Waals surface area (Å²) in [7, 11) is 0. The van der Waals surface area contributed by atoms with E-state index in [9.17, 15) is 4.39 Å². The van der Waals surface area contributed by atoms with E-state index in [0.717, 1.165) is 25.2 Å². The predicted octanol–water partition coefficient (Wildman–Crippen LogP) is 3.68. The molecular formula is C16H25FN2O. The lowest BCUT2D eigenvalue weighted by atomic mass is 9.95. The maximum absolute atomic E-state index is 13.9. The lowest BCUT2D eigenvalue weighted by Gasteiger charge is -2.23. The van der Waals surface area contributed by atoms with Crippen LogP contribution >= 0.6 is 0 Å². The van der Waals surface area contributed by atoms with Crippen molar-refractivity contribution in [1.82, 2.24) is 0 Å². The first kappa shape index (κ1) is 14.9. The summed E-state index contributed by atoms with van der Waals surface area (Å²) in [6, 6.07) is 3.11. The van der Waals surface area contributed by atoms with Crippen LogP contribution in [0.4, 0.5) is 15.8 Å². The van der Waals surface area contributed by atoms with E-state index in [0.29, 0.717) is 17.5 Å². The molecule has 1 aliphatic rings. The Morgan fingerprint density at radius 2 is 2.00 bits per heavy atom. The summed E-state index contributed by atoms with van der Waals surface area (Å²) in [6.45, 7) is 10.2. The molecule has 2 N–H and O–H groups in total. The minimum Gasteiger partial charge on any atom is -0.488 e. The molecule has 1 aromatic rings. The zero-order valence-corrected chi connectivity index (χ0v) is 12.8. The molecule has 0 bridgehead atoms. The van der Waals surface area contributed by atoms with Gasteiger partial charge in [-0.3, -0.25) is 0 Å². The molecule has 1 aromatic carbocycles. The molecule has 0 saturated carbocycles. The number of ether oxygens (including phenoxy) is 1. The molecule has 112 valence electrons. The summed E-state index contributed by atoms with van der Waals surface area (Å²) in [5.74, 6) is 1.23. The highest BCUT2D eigenvalue weighted by atomic mass is 19.1. The summed E-state index contributed by atoms with van der Waals surface area (Å²) in [4.78, 5) is 2.24. The molecule has 1 fully saturated rings. The molecule has 1 unspecified atom stereocenters. The van der Waals surface area contributed by atoms with Crippen LogP contribution in [-0.2, 0) is 0 Å². The van der Waals surface area contributed by atoms with E-state index >= 15 is 0 Å². The molecule has 1 atom stereocenters. The Bertz CT molecular complexity index is 474. The second-order valence-electron chi connectivity index (χ2n) is 6.25. The maximum Gasteiger partial charge on any atom is 0.167 e. The first-order valence-electron chi connectivity index (χ1n) is 7.39. The standard InChI is InChI=1S/C16H25FN2O/c1-10(2)12-5-6-19(9-12)15-8-16(20-11(3)4)13(17)7-14(15)18/h7-8,10-12H,5-6,9,18H2,1-4H3. The molecule has 1 saturated heterocycles. The second kappa shape index (κ2) is 5.90. The Hall–Kier alpha value is -1.45. The van der Waals surface area contributed by atoms with E-state index in [1.165, 1.54) is 6.07 Å². The van der Waals surface area contributed by atoms with Crippen molar-refractivity contribution in [2.24, 2.45) is 11.8 Å². The highest BCUT2D eigenvalue weighted by molar-refractivity contribution is 5.70. The number of halogens is 1. The van der Waals surface area contributed by atoms with Crippen LogP contribution in [0.1, 0.15) is 34.1 Å². The van der Waals surface area contributed by atoms with E-state index in [2.05, 4.69) is 18.7 Å². The minimum absolute atomic E-state index is 0.0528. The van der Waals surface area contributed by atoms with Crippen LogP contribution in [0.3, 0.4) is 0 Å². The summed E-state index contributed by atoms with van der Waals surface area (Å²) in [6.07, 6.45) is 1.11. The first-order valence-corrected chi connectivity index (χ1v) is 7.39. The highest BCUT2D eigenvalue weighted by Crippen LogP contribution is 2.35. The molecule has 3 nitrogen and oxygen atoms in total. The van der Waals surface area contributed by atoms with Gasteiger partial charge in [0.15, 0.2) is 11.6 Å². The van der Waals surface area contributed by atoms with Gasteiger partial charge in [0, 0.05) is 25.2 Å². The molecule has 0 aromatic heterocycles. The van der Waals surface area contributed by atoms with Gasteiger partial charge >= 0.3 is 0 Å².